The number of hydrogen-bond acceptors (Lipinski definition) is 5. The van der Waals surface area contributed by atoms with Crippen molar-refractivity contribution in [3.05, 3.63) is 42.5 Å². The van der Waals surface area contributed by atoms with E-state index in [1.165, 1.54) is 12.1 Å². The van der Waals surface area contributed by atoms with Crippen LogP contribution in [0.4, 0.5) is 0 Å². The molecule has 20 heavy (non-hydrogen) atoms. The number of esters is 1. The van der Waals surface area contributed by atoms with E-state index in [9.17, 15) is 13.2 Å². The molecular weight excluding hydrogens is 282 g/mol. The Labute approximate surface area is 119 Å². The van der Waals surface area contributed by atoms with Crippen molar-refractivity contribution in [1.29, 1.82) is 0 Å². The molecule has 112 valence electrons. The maximum atomic E-state index is 10.5. The van der Waals surface area contributed by atoms with Crippen LogP contribution in [-0.4, -0.2) is 32.1 Å². The highest BCUT2D eigenvalue weighted by molar-refractivity contribution is 7.85. The maximum absolute atomic E-state index is 10.5. The van der Waals surface area contributed by atoms with Crippen molar-refractivity contribution in [3.8, 4) is 0 Å². The summed E-state index contributed by atoms with van der Waals surface area (Å²) in [6, 6.07) is 5.99. The lowest BCUT2D eigenvalue weighted by Gasteiger charge is -1.97. The second kappa shape index (κ2) is 9.24. The van der Waals surface area contributed by atoms with Crippen molar-refractivity contribution < 1.29 is 22.5 Å². The molecule has 0 bridgehead atoms. The molecule has 0 aliphatic rings. The highest BCUT2D eigenvalue weighted by Gasteiger charge is 2.06. The van der Waals surface area contributed by atoms with Gasteiger partial charge in [-0.15, -0.1) is 6.58 Å². The predicted octanol–water partition coefficient (Wildman–Crippen LogP) is 1.31. The minimum Gasteiger partial charge on any atom is -0.464 e. The third-order valence-electron chi connectivity index (χ3n) is 2.07. The highest BCUT2D eigenvalue weighted by atomic mass is 32.2. The van der Waals surface area contributed by atoms with Crippen LogP contribution >= 0.6 is 0 Å². The number of aryl methyl sites for hydroxylation is 1. The summed E-state index contributed by atoms with van der Waals surface area (Å²) in [6.07, 6.45) is 2.37. The Morgan fingerprint density at radius 2 is 1.95 bits per heavy atom. The number of ether oxygens (including phenoxy) is 1. The van der Waals surface area contributed by atoms with Crippen molar-refractivity contribution in [2.75, 3.05) is 13.2 Å². The molecule has 3 N–H and O–H groups in total. The fourth-order valence-electron chi connectivity index (χ4n) is 1.03. The van der Waals surface area contributed by atoms with E-state index in [2.05, 4.69) is 11.3 Å². The summed E-state index contributed by atoms with van der Waals surface area (Å²) in [5.74, 6) is -0.364. The third kappa shape index (κ3) is 8.41. The van der Waals surface area contributed by atoms with E-state index in [-0.39, 0.29) is 17.4 Å². The Hall–Kier alpha value is -1.70. The zero-order valence-corrected chi connectivity index (χ0v) is 12.1. The van der Waals surface area contributed by atoms with Crippen molar-refractivity contribution in [2.24, 2.45) is 5.73 Å². The van der Waals surface area contributed by atoms with E-state index in [4.69, 9.17) is 10.3 Å². The third-order valence-corrected chi connectivity index (χ3v) is 2.94. The lowest BCUT2D eigenvalue weighted by Crippen LogP contribution is -2.16. The average Bonchev–Trinajstić information content (AvgIpc) is 2.39. The van der Waals surface area contributed by atoms with E-state index in [1.54, 1.807) is 18.2 Å². The fourth-order valence-corrected chi connectivity index (χ4v) is 1.51. The van der Waals surface area contributed by atoms with Crippen molar-refractivity contribution >= 4 is 16.1 Å². The van der Waals surface area contributed by atoms with Gasteiger partial charge in [0.15, 0.2) is 0 Å². The summed E-state index contributed by atoms with van der Waals surface area (Å²) < 4.78 is 34.1. The number of hydrogen-bond donors (Lipinski definition) is 2. The normalized spacial score (nSPS) is 10.2. The van der Waals surface area contributed by atoms with Crippen molar-refractivity contribution in [3.63, 3.8) is 0 Å². The number of carbonyl (C=O) groups excluding carboxylic acids is 1. The van der Waals surface area contributed by atoms with E-state index in [0.717, 1.165) is 5.56 Å². The van der Waals surface area contributed by atoms with Crippen LogP contribution in [0.5, 0.6) is 0 Å². The van der Waals surface area contributed by atoms with Crippen LogP contribution in [0.25, 0.3) is 0 Å². The van der Waals surface area contributed by atoms with E-state index >= 15 is 0 Å². The summed E-state index contributed by atoms with van der Waals surface area (Å²) in [4.78, 5) is 10.2. The van der Waals surface area contributed by atoms with Crippen LogP contribution in [0.1, 0.15) is 12.0 Å². The van der Waals surface area contributed by atoms with E-state index in [1.807, 2.05) is 6.92 Å². The van der Waals surface area contributed by atoms with E-state index in [0.29, 0.717) is 13.0 Å². The molecular formula is C13H19NO5S. The maximum Gasteiger partial charge on any atom is 0.319 e. The quantitative estimate of drug-likeness (QED) is 0.367. The Kier molecular flexibility index (Phi) is 8.46. The summed E-state index contributed by atoms with van der Waals surface area (Å²) >= 11 is 0. The first-order valence-corrected chi connectivity index (χ1v) is 7.26. The molecule has 6 nitrogen and oxygen atoms in total. The highest BCUT2D eigenvalue weighted by Crippen LogP contribution is 2.08. The molecule has 7 heteroatoms. The first-order valence-electron chi connectivity index (χ1n) is 5.82. The lowest BCUT2D eigenvalue weighted by atomic mass is 10.2. The van der Waals surface area contributed by atoms with Crippen LogP contribution in [-0.2, 0) is 19.6 Å². The zero-order chi connectivity index (χ0) is 15.6. The van der Waals surface area contributed by atoms with Crippen LogP contribution in [0.2, 0.25) is 0 Å². The molecule has 1 rings (SSSR count). The molecule has 0 amide bonds. The van der Waals surface area contributed by atoms with Gasteiger partial charge in [0.2, 0.25) is 0 Å². The Balaban J connectivity index is 0.000000370. The molecule has 0 atom stereocenters. The molecule has 0 saturated carbocycles. The molecule has 0 radical (unpaired) electrons. The number of benzene rings is 1. The smallest absolute Gasteiger partial charge is 0.319 e. The molecule has 0 heterocycles. The first-order chi connectivity index (χ1) is 9.31. The summed E-state index contributed by atoms with van der Waals surface area (Å²) in [6.45, 7) is 5.65. The molecule has 0 aliphatic heterocycles. The zero-order valence-electron chi connectivity index (χ0n) is 11.3. The standard InChI is InChI=1S/C7H8O3S.C6H11NO2/c1-6-2-4-7(5-3-6)11(8,9)10;1-2-3-4-9-6(8)5-7/h2-5H,1H3,(H,8,9,10);2H,1,3-5,7H2. The minimum absolute atomic E-state index is 0.0445. The Morgan fingerprint density at radius 1 is 1.40 bits per heavy atom. The number of nitrogens with two attached hydrogens (primary N) is 1. The summed E-state index contributed by atoms with van der Waals surface area (Å²) in [5, 5.41) is 0. The monoisotopic (exact) mass is 301 g/mol. The fraction of sp³-hybridized carbons (Fsp3) is 0.308. The molecule has 0 unspecified atom stereocenters. The van der Waals surface area contributed by atoms with Crippen LogP contribution in [0.3, 0.4) is 0 Å². The molecule has 0 saturated heterocycles. The van der Waals surface area contributed by atoms with Crippen LogP contribution in [0.15, 0.2) is 41.8 Å². The van der Waals surface area contributed by atoms with Gasteiger partial charge in [-0.05, 0) is 25.5 Å². The van der Waals surface area contributed by atoms with Crippen LogP contribution in [0, 0.1) is 6.92 Å². The van der Waals surface area contributed by atoms with Gasteiger partial charge in [-0.1, -0.05) is 23.8 Å². The topological polar surface area (TPSA) is 107 Å². The molecule has 0 spiro atoms. The largest absolute Gasteiger partial charge is 0.464 e. The van der Waals surface area contributed by atoms with Gasteiger partial charge in [0, 0.05) is 0 Å². The number of carbonyl (C=O) groups is 1. The van der Waals surface area contributed by atoms with Gasteiger partial charge in [-0.25, -0.2) is 0 Å². The summed E-state index contributed by atoms with van der Waals surface area (Å²) in [5.41, 5.74) is 5.91. The molecule has 0 aliphatic carbocycles. The van der Waals surface area contributed by atoms with Gasteiger partial charge < -0.3 is 10.5 Å². The Morgan fingerprint density at radius 3 is 2.35 bits per heavy atom. The molecule has 0 aromatic heterocycles. The van der Waals surface area contributed by atoms with Gasteiger partial charge in [0.25, 0.3) is 10.1 Å². The summed E-state index contributed by atoms with van der Waals surface area (Å²) in [7, 11) is -4.02. The number of rotatable bonds is 5. The Bertz CT molecular complexity index is 522. The second-order valence-electron chi connectivity index (χ2n) is 3.79. The second-order valence-corrected chi connectivity index (χ2v) is 5.21. The first kappa shape index (κ1) is 18.3. The van der Waals surface area contributed by atoms with Gasteiger partial charge in [0.05, 0.1) is 18.0 Å². The van der Waals surface area contributed by atoms with Crippen molar-refractivity contribution in [1.82, 2.24) is 0 Å². The van der Waals surface area contributed by atoms with Crippen molar-refractivity contribution in [2.45, 2.75) is 18.2 Å². The predicted molar refractivity (Wildman–Crippen MR) is 75.8 cm³/mol. The van der Waals surface area contributed by atoms with E-state index < -0.39 is 10.1 Å². The SMILES string of the molecule is C=CCCOC(=O)CN.Cc1ccc(S(=O)(=O)O)cc1. The molecule has 1 aromatic carbocycles. The van der Waals surface area contributed by atoms with Gasteiger partial charge >= 0.3 is 5.97 Å². The van der Waals surface area contributed by atoms with Gasteiger partial charge in [-0.2, -0.15) is 8.42 Å². The van der Waals surface area contributed by atoms with Gasteiger partial charge in [-0.3, -0.25) is 9.35 Å². The lowest BCUT2D eigenvalue weighted by molar-refractivity contribution is -0.141. The molecule has 0 fully saturated rings. The molecule has 1 aromatic rings. The van der Waals surface area contributed by atoms with Gasteiger partial charge in [0.1, 0.15) is 0 Å². The minimum atomic E-state index is -4.02. The van der Waals surface area contributed by atoms with Crippen LogP contribution < -0.4 is 5.73 Å². The average molecular weight is 301 g/mol.